The zero-order valence-corrected chi connectivity index (χ0v) is 15.3. The highest BCUT2D eigenvalue weighted by molar-refractivity contribution is 5.40. The standard InChI is InChI=1S/C21H28O3/c1-14-6-7-17(20(10-14)23-4)11-15(2)16(3)12-18-8-9-19(22)13-21(18)24-5/h6-10,13,15-16,22H,11-12H2,1-5H3/t15?,16-/m1/s1. The van der Waals surface area contributed by atoms with Gasteiger partial charge in [-0.25, -0.2) is 0 Å². The van der Waals surface area contributed by atoms with Crippen LogP contribution in [0.2, 0.25) is 0 Å². The van der Waals surface area contributed by atoms with Gasteiger partial charge in [-0.05, 0) is 60.4 Å². The summed E-state index contributed by atoms with van der Waals surface area (Å²) in [6.45, 7) is 6.62. The number of benzene rings is 2. The lowest BCUT2D eigenvalue weighted by Crippen LogP contribution is -2.14. The first kappa shape index (κ1) is 18.2. The highest BCUT2D eigenvalue weighted by atomic mass is 16.5. The lowest BCUT2D eigenvalue weighted by atomic mass is 9.85. The minimum Gasteiger partial charge on any atom is -0.508 e. The molecule has 0 amide bonds. The van der Waals surface area contributed by atoms with E-state index in [2.05, 4.69) is 39.0 Å². The maximum absolute atomic E-state index is 9.59. The molecular weight excluding hydrogens is 300 g/mol. The molecule has 0 bridgehead atoms. The molecule has 0 aliphatic heterocycles. The molecule has 0 aliphatic rings. The Kier molecular flexibility index (Phi) is 6.13. The number of phenols is 1. The number of ether oxygens (including phenoxy) is 2. The minimum absolute atomic E-state index is 0.237. The van der Waals surface area contributed by atoms with E-state index in [0.29, 0.717) is 11.8 Å². The number of hydrogen-bond acceptors (Lipinski definition) is 3. The molecular formula is C21H28O3. The normalized spacial score (nSPS) is 13.4. The number of rotatable bonds is 7. The Bertz CT molecular complexity index is 619. The highest BCUT2D eigenvalue weighted by Gasteiger charge is 2.17. The van der Waals surface area contributed by atoms with Gasteiger partial charge in [-0.1, -0.05) is 32.0 Å². The second-order valence-electron chi connectivity index (χ2n) is 6.67. The summed E-state index contributed by atoms with van der Waals surface area (Å²) in [6.07, 6.45) is 1.89. The van der Waals surface area contributed by atoms with E-state index in [1.807, 2.05) is 6.07 Å². The van der Waals surface area contributed by atoms with Crippen molar-refractivity contribution in [1.29, 1.82) is 0 Å². The van der Waals surface area contributed by atoms with Gasteiger partial charge in [0.05, 0.1) is 14.2 Å². The molecule has 1 N–H and O–H groups in total. The molecule has 0 spiro atoms. The van der Waals surface area contributed by atoms with E-state index < -0.39 is 0 Å². The zero-order chi connectivity index (χ0) is 17.7. The third kappa shape index (κ3) is 4.44. The Labute approximate surface area is 145 Å². The fourth-order valence-electron chi connectivity index (χ4n) is 3.02. The molecule has 0 fully saturated rings. The van der Waals surface area contributed by atoms with E-state index in [9.17, 15) is 5.11 Å². The van der Waals surface area contributed by atoms with Gasteiger partial charge < -0.3 is 14.6 Å². The van der Waals surface area contributed by atoms with Crippen LogP contribution in [0.15, 0.2) is 36.4 Å². The van der Waals surface area contributed by atoms with Gasteiger partial charge in [0.2, 0.25) is 0 Å². The molecule has 2 rings (SSSR count). The quantitative estimate of drug-likeness (QED) is 0.795. The van der Waals surface area contributed by atoms with E-state index in [4.69, 9.17) is 9.47 Å². The first-order valence-electron chi connectivity index (χ1n) is 8.44. The Morgan fingerprint density at radius 3 is 1.88 bits per heavy atom. The monoisotopic (exact) mass is 328 g/mol. The molecule has 0 aromatic heterocycles. The molecule has 0 aliphatic carbocycles. The van der Waals surface area contributed by atoms with E-state index in [1.165, 1.54) is 11.1 Å². The van der Waals surface area contributed by atoms with Crippen molar-refractivity contribution in [2.24, 2.45) is 11.8 Å². The topological polar surface area (TPSA) is 38.7 Å². The SMILES string of the molecule is COc1cc(C)ccc1CC(C)[C@H](C)Cc1ccc(O)cc1OC. The first-order chi connectivity index (χ1) is 11.4. The van der Waals surface area contributed by atoms with Crippen molar-refractivity contribution in [1.82, 2.24) is 0 Å². The van der Waals surface area contributed by atoms with Crippen molar-refractivity contribution in [2.45, 2.75) is 33.6 Å². The summed E-state index contributed by atoms with van der Waals surface area (Å²) in [6, 6.07) is 11.7. The lowest BCUT2D eigenvalue weighted by Gasteiger charge is -2.22. The number of aromatic hydroxyl groups is 1. The van der Waals surface area contributed by atoms with Gasteiger partial charge in [0.1, 0.15) is 17.2 Å². The number of methoxy groups -OCH3 is 2. The predicted molar refractivity (Wildman–Crippen MR) is 98.1 cm³/mol. The van der Waals surface area contributed by atoms with Crippen molar-refractivity contribution in [2.75, 3.05) is 14.2 Å². The fraction of sp³-hybridized carbons (Fsp3) is 0.429. The zero-order valence-electron chi connectivity index (χ0n) is 15.3. The van der Waals surface area contributed by atoms with Crippen LogP contribution < -0.4 is 9.47 Å². The number of hydrogen-bond donors (Lipinski definition) is 1. The Morgan fingerprint density at radius 2 is 1.33 bits per heavy atom. The molecule has 3 nitrogen and oxygen atoms in total. The summed E-state index contributed by atoms with van der Waals surface area (Å²) in [4.78, 5) is 0. The molecule has 1 unspecified atom stereocenters. The molecule has 130 valence electrons. The summed E-state index contributed by atoms with van der Waals surface area (Å²) < 4.78 is 10.9. The maximum atomic E-state index is 9.59. The van der Waals surface area contributed by atoms with Crippen molar-refractivity contribution in [3.8, 4) is 17.2 Å². The Morgan fingerprint density at radius 1 is 0.833 bits per heavy atom. The van der Waals surface area contributed by atoms with E-state index in [0.717, 1.165) is 29.9 Å². The molecule has 3 heteroatoms. The highest BCUT2D eigenvalue weighted by Crippen LogP contribution is 2.30. The van der Waals surface area contributed by atoms with E-state index >= 15 is 0 Å². The average molecular weight is 328 g/mol. The van der Waals surface area contributed by atoms with E-state index in [1.54, 1.807) is 26.4 Å². The van der Waals surface area contributed by atoms with Crippen LogP contribution in [0.3, 0.4) is 0 Å². The van der Waals surface area contributed by atoms with Crippen LogP contribution >= 0.6 is 0 Å². The van der Waals surface area contributed by atoms with Gasteiger partial charge in [-0.15, -0.1) is 0 Å². The summed E-state index contributed by atoms with van der Waals surface area (Å²) in [5, 5.41) is 9.59. The largest absolute Gasteiger partial charge is 0.508 e. The van der Waals surface area contributed by atoms with Crippen LogP contribution in [0.1, 0.15) is 30.5 Å². The smallest absolute Gasteiger partial charge is 0.125 e. The predicted octanol–water partition coefficient (Wildman–Crippen LogP) is 4.78. The fourth-order valence-corrected chi connectivity index (χ4v) is 3.02. The van der Waals surface area contributed by atoms with E-state index in [-0.39, 0.29) is 5.75 Å². The van der Waals surface area contributed by atoms with Gasteiger partial charge in [-0.2, -0.15) is 0 Å². The average Bonchev–Trinajstić information content (AvgIpc) is 2.57. The molecule has 0 heterocycles. The Hall–Kier alpha value is -2.16. The van der Waals surface area contributed by atoms with Crippen molar-refractivity contribution < 1.29 is 14.6 Å². The van der Waals surface area contributed by atoms with Crippen LogP contribution in [0.25, 0.3) is 0 Å². The van der Waals surface area contributed by atoms with Gasteiger partial charge >= 0.3 is 0 Å². The van der Waals surface area contributed by atoms with Crippen LogP contribution in [-0.4, -0.2) is 19.3 Å². The van der Waals surface area contributed by atoms with Crippen LogP contribution in [0, 0.1) is 18.8 Å². The second-order valence-corrected chi connectivity index (χ2v) is 6.67. The summed E-state index contributed by atoms with van der Waals surface area (Å²) in [7, 11) is 3.37. The molecule has 0 saturated carbocycles. The van der Waals surface area contributed by atoms with Gasteiger partial charge in [0.25, 0.3) is 0 Å². The molecule has 2 aromatic carbocycles. The van der Waals surface area contributed by atoms with Crippen LogP contribution in [0.4, 0.5) is 0 Å². The molecule has 2 atom stereocenters. The van der Waals surface area contributed by atoms with Crippen LogP contribution in [0.5, 0.6) is 17.2 Å². The summed E-state index contributed by atoms with van der Waals surface area (Å²) in [5.41, 5.74) is 3.59. The number of aryl methyl sites for hydroxylation is 1. The molecule has 24 heavy (non-hydrogen) atoms. The lowest BCUT2D eigenvalue weighted by molar-refractivity contribution is 0.358. The van der Waals surface area contributed by atoms with Crippen molar-refractivity contribution >= 4 is 0 Å². The number of phenolic OH excluding ortho intramolecular Hbond substituents is 1. The molecule has 2 aromatic rings. The third-order valence-electron chi connectivity index (χ3n) is 4.77. The van der Waals surface area contributed by atoms with Gasteiger partial charge in [0, 0.05) is 6.07 Å². The first-order valence-corrected chi connectivity index (χ1v) is 8.44. The minimum atomic E-state index is 0.237. The maximum Gasteiger partial charge on any atom is 0.125 e. The van der Waals surface area contributed by atoms with Crippen molar-refractivity contribution in [3.05, 3.63) is 53.1 Å². The third-order valence-corrected chi connectivity index (χ3v) is 4.77. The van der Waals surface area contributed by atoms with Crippen LogP contribution in [-0.2, 0) is 12.8 Å². The summed E-state index contributed by atoms with van der Waals surface area (Å²) in [5.74, 6) is 2.94. The second kappa shape index (κ2) is 8.09. The van der Waals surface area contributed by atoms with Gasteiger partial charge in [-0.3, -0.25) is 0 Å². The Balaban J connectivity index is 2.09. The van der Waals surface area contributed by atoms with Gasteiger partial charge in [0.15, 0.2) is 0 Å². The molecule has 0 radical (unpaired) electrons. The summed E-state index contributed by atoms with van der Waals surface area (Å²) >= 11 is 0. The van der Waals surface area contributed by atoms with Crippen molar-refractivity contribution in [3.63, 3.8) is 0 Å². The molecule has 0 saturated heterocycles.